The highest BCUT2D eigenvalue weighted by Crippen LogP contribution is 2.21. The van der Waals surface area contributed by atoms with E-state index in [-0.39, 0.29) is 24.4 Å². The van der Waals surface area contributed by atoms with E-state index >= 15 is 0 Å². The third-order valence-corrected chi connectivity index (χ3v) is 2.16. The summed E-state index contributed by atoms with van der Waals surface area (Å²) in [4.78, 5) is 22.0. The lowest BCUT2D eigenvalue weighted by atomic mass is 9.97. The first-order valence-electron chi connectivity index (χ1n) is 5.42. The van der Waals surface area contributed by atoms with Crippen LogP contribution in [0.5, 0.6) is 0 Å². The average molecular weight is 248 g/mol. The molecule has 0 spiro atoms. The van der Waals surface area contributed by atoms with Crippen LogP contribution in [0.15, 0.2) is 10.2 Å². The molecule has 6 nitrogen and oxygen atoms in total. The number of carbonyl (C=O) groups is 2. The molecule has 0 heterocycles. The molecule has 0 rings (SSSR count). The van der Waals surface area contributed by atoms with Crippen molar-refractivity contribution in [2.75, 3.05) is 0 Å². The van der Waals surface area contributed by atoms with Gasteiger partial charge in [-0.1, -0.05) is 0 Å². The van der Waals surface area contributed by atoms with Gasteiger partial charge in [-0.2, -0.15) is 20.8 Å². The Kier molecular flexibility index (Phi) is 5.32. The molecule has 0 aliphatic rings. The van der Waals surface area contributed by atoms with Crippen LogP contribution in [-0.4, -0.2) is 22.6 Å². The van der Waals surface area contributed by atoms with Gasteiger partial charge in [0.2, 0.25) is 0 Å². The molecule has 0 amide bonds. The predicted molar refractivity (Wildman–Crippen MR) is 63.5 cm³/mol. The Morgan fingerprint density at radius 3 is 1.39 bits per heavy atom. The molecule has 0 aromatic carbocycles. The van der Waals surface area contributed by atoms with Gasteiger partial charge in [0.05, 0.1) is 12.1 Å². The lowest BCUT2D eigenvalue weighted by molar-refractivity contribution is -0.118. The standard InChI is InChI=1S/C12H16N4O2/c1-9(17)5-11(3,7-13)15-16-12(4,8-14)6-10(2)18/h5-6H2,1-4H3. The number of ketones is 2. The fraction of sp³-hybridized carbons (Fsp3) is 0.667. The minimum Gasteiger partial charge on any atom is -0.300 e. The van der Waals surface area contributed by atoms with Crippen LogP contribution in [0.4, 0.5) is 0 Å². The molecule has 0 radical (unpaired) electrons. The number of hydrogen-bond donors (Lipinski definition) is 0. The molecule has 0 N–H and O–H groups in total. The number of hydrogen-bond acceptors (Lipinski definition) is 6. The van der Waals surface area contributed by atoms with E-state index in [2.05, 4.69) is 10.2 Å². The second-order valence-corrected chi connectivity index (χ2v) is 4.73. The van der Waals surface area contributed by atoms with Crippen LogP contribution in [0.2, 0.25) is 0 Å². The van der Waals surface area contributed by atoms with Crippen LogP contribution in [0.1, 0.15) is 40.5 Å². The molecule has 0 fully saturated rings. The molecule has 2 unspecified atom stereocenters. The Morgan fingerprint density at radius 1 is 0.944 bits per heavy atom. The van der Waals surface area contributed by atoms with Crippen molar-refractivity contribution in [3.8, 4) is 12.1 Å². The van der Waals surface area contributed by atoms with Crippen molar-refractivity contribution >= 4 is 11.6 Å². The van der Waals surface area contributed by atoms with E-state index in [1.165, 1.54) is 27.7 Å². The first kappa shape index (κ1) is 15.9. The lowest BCUT2D eigenvalue weighted by Crippen LogP contribution is -2.27. The number of rotatable bonds is 6. The molecule has 0 bridgehead atoms. The Balaban J connectivity index is 5.10. The van der Waals surface area contributed by atoms with Gasteiger partial charge in [0.1, 0.15) is 11.6 Å². The molecule has 2 atom stereocenters. The quantitative estimate of drug-likeness (QED) is 0.669. The summed E-state index contributed by atoms with van der Waals surface area (Å²) in [5.74, 6) is -0.383. The number of nitriles is 2. The normalized spacial score (nSPS) is 17.2. The van der Waals surface area contributed by atoms with Crippen LogP contribution in [0, 0.1) is 22.7 Å². The van der Waals surface area contributed by atoms with E-state index in [9.17, 15) is 9.59 Å². The lowest BCUT2D eigenvalue weighted by Gasteiger charge is -2.17. The zero-order chi connectivity index (χ0) is 14.4. The second-order valence-electron chi connectivity index (χ2n) is 4.73. The van der Waals surface area contributed by atoms with Gasteiger partial charge in [-0.3, -0.25) is 9.59 Å². The SMILES string of the molecule is CC(=O)CC(C)(C#N)N=NC(C)(C#N)CC(C)=O. The predicted octanol–water partition coefficient (Wildman–Crippen LogP) is 1.96. The van der Waals surface area contributed by atoms with Crippen molar-refractivity contribution in [3.05, 3.63) is 0 Å². The van der Waals surface area contributed by atoms with Crippen molar-refractivity contribution in [3.63, 3.8) is 0 Å². The highest BCUT2D eigenvalue weighted by Gasteiger charge is 2.30. The highest BCUT2D eigenvalue weighted by molar-refractivity contribution is 5.77. The molecule has 0 saturated carbocycles. The van der Waals surface area contributed by atoms with Crippen molar-refractivity contribution < 1.29 is 9.59 Å². The zero-order valence-electron chi connectivity index (χ0n) is 11.0. The van der Waals surface area contributed by atoms with Gasteiger partial charge in [-0.25, -0.2) is 0 Å². The topological polar surface area (TPSA) is 106 Å². The van der Waals surface area contributed by atoms with Crippen molar-refractivity contribution in [1.82, 2.24) is 0 Å². The molecule has 0 aliphatic carbocycles. The van der Waals surface area contributed by atoms with Crippen molar-refractivity contribution in [2.24, 2.45) is 10.2 Å². The molecule has 0 saturated heterocycles. The molecular weight excluding hydrogens is 232 g/mol. The maximum absolute atomic E-state index is 11.0. The summed E-state index contributed by atoms with van der Waals surface area (Å²) < 4.78 is 0. The van der Waals surface area contributed by atoms with Gasteiger partial charge in [-0.05, 0) is 27.7 Å². The Bertz CT molecular complexity index is 416. The number of azo groups is 1. The first-order valence-corrected chi connectivity index (χ1v) is 5.42. The van der Waals surface area contributed by atoms with Gasteiger partial charge < -0.3 is 0 Å². The highest BCUT2D eigenvalue weighted by atomic mass is 16.1. The van der Waals surface area contributed by atoms with Crippen molar-refractivity contribution in [2.45, 2.75) is 51.6 Å². The van der Waals surface area contributed by atoms with Crippen LogP contribution in [0.25, 0.3) is 0 Å². The summed E-state index contributed by atoms with van der Waals surface area (Å²) >= 11 is 0. The third kappa shape index (κ3) is 5.31. The van der Waals surface area contributed by atoms with E-state index in [4.69, 9.17) is 10.5 Å². The largest absolute Gasteiger partial charge is 0.300 e. The summed E-state index contributed by atoms with van der Waals surface area (Å²) in [6, 6.07) is 3.77. The van der Waals surface area contributed by atoms with E-state index in [0.29, 0.717) is 0 Å². The van der Waals surface area contributed by atoms with Gasteiger partial charge in [0.15, 0.2) is 11.1 Å². The summed E-state index contributed by atoms with van der Waals surface area (Å²) in [5.41, 5.74) is -2.58. The Hall–Kier alpha value is -2.08. The first-order chi connectivity index (χ1) is 8.16. The second kappa shape index (κ2) is 6.02. The third-order valence-electron chi connectivity index (χ3n) is 2.16. The van der Waals surface area contributed by atoms with Crippen LogP contribution in [0.3, 0.4) is 0 Å². The van der Waals surface area contributed by atoms with Crippen LogP contribution in [-0.2, 0) is 9.59 Å². The summed E-state index contributed by atoms with van der Waals surface area (Å²) in [5, 5.41) is 25.5. The van der Waals surface area contributed by atoms with Crippen LogP contribution >= 0.6 is 0 Å². The minimum absolute atomic E-state index is 0.0748. The fourth-order valence-corrected chi connectivity index (χ4v) is 1.38. The smallest absolute Gasteiger partial charge is 0.171 e. The minimum atomic E-state index is -1.29. The zero-order valence-corrected chi connectivity index (χ0v) is 11.0. The summed E-state index contributed by atoms with van der Waals surface area (Å²) in [6.45, 7) is 5.63. The monoisotopic (exact) mass is 248 g/mol. The molecule has 0 aliphatic heterocycles. The fourth-order valence-electron chi connectivity index (χ4n) is 1.38. The number of carbonyl (C=O) groups excluding carboxylic acids is 2. The van der Waals surface area contributed by atoms with E-state index in [1.807, 2.05) is 12.1 Å². The number of Topliss-reactive ketones (excluding diaryl/α,β-unsaturated/α-hetero) is 2. The summed E-state index contributed by atoms with van der Waals surface area (Å²) in [6.07, 6.45) is -0.150. The van der Waals surface area contributed by atoms with E-state index in [1.54, 1.807) is 0 Å². The molecule has 18 heavy (non-hydrogen) atoms. The number of nitrogens with zero attached hydrogens (tertiary/aromatic N) is 4. The van der Waals surface area contributed by atoms with E-state index in [0.717, 1.165) is 0 Å². The Labute approximate surface area is 106 Å². The van der Waals surface area contributed by atoms with Gasteiger partial charge >= 0.3 is 0 Å². The average Bonchev–Trinajstić information content (AvgIpc) is 2.25. The molecule has 0 aromatic heterocycles. The summed E-state index contributed by atoms with van der Waals surface area (Å²) in [7, 11) is 0. The van der Waals surface area contributed by atoms with Gasteiger partial charge in [0.25, 0.3) is 0 Å². The molecule has 0 aromatic rings. The van der Waals surface area contributed by atoms with E-state index < -0.39 is 11.1 Å². The maximum Gasteiger partial charge on any atom is 0.171 e. The molecular formula is C12H16N4O2. The maximum atomic E-state index is 11.0. The molecule has 96 valence electrons. The van der Waals surface area contributed by atoms with Gasteiger partial charge in [-0.15, -0.1) is 0 Å². The van der Waals surface area contributed by atoms with Crippen LogP contribution < -0.4 is 0 Å². The molecule has 6 heteroatoms. The van der Waals surface area contributed by atoms with Gasteiger partial charge in [0, 0.05) is 12.8 Å². The Morgan fingerprint density at radius 2 is 1.22 bits per heavy atom. The van der Waals surface area contributed by atoms with Crippen molar-refractivity contribution in [1.29, 1.82) is 10.5 Å².